The van der Waals surface area contributed by atoms with Crippen molar-refractivity contribution in [2.75, 3.05) is 0 Å². The summed E-state index contributed by atoms with van der Waals surface area (Å²) in [5.74, 6) is 0.848. The zero-order valence-electron chi connectivity index (χ0n) is 21.4. The van der Waals surface area contributed by atoms with Crippen molar-refractivity contribution in [2.45, 2.75) is 0 Å². The normalized spacial score (nSPS) is 12.0. The lowest BCUT2D eigenvalue weighted by molar-refractivity contribution is 1.08. The average molecular weight is 528 g/mol. The molecule has 0 amide bonds. The number of nitrogens with zero attached hydrogens (tertiary/aromatic N) is 3. The van der Waals surface area contributed by atoms with Crippen LogP contribution in [0.4, 0.5) is 0 Å². The van der Waals surface area contributed by atoms with Crippen LogP contribution < -0.4 is 0 Å². The van der Waals surface area contributed by atoms with Crippen LogP contribution in [0.1, 0.15) is 0 Å². The monoisotopic (exact) mass is 527 g/mol. The molecule has 0 unspecified atom stereocenters. The summed E-state index contributed by atoms with van der Waals surface area (Å²) in [6, 6.07) is 45.2. The molecule has 9 aromatic rings. The fourth-order valence-electron chi connectivity index (χ4n) is 6.17. The Kier molecular flexibility index (Phi) is 4.48. The van der Waals surface area contributed by atoms with Gasteiger partial charge in [-0.2, -0.15) is 0 Å². The summed E-state index contributed by atoms with van der Waals surface area (Å²) in [4.78, 5) is 10.5. The van der Waals surface area contributed by atoms with E-state index in [2.05, 4.69) is 102 Å². The van der Waals surface area contributed by atoms with Gasteiger partial charge in [-0.15, -0.1) is 11.3 Å². The molecule has 4 heteroatoms. The van der Waals surface area contributed by atoms with Crippen LogP contribution in [-0.4, -0.2) is 14.5 Å². The summed E-state index contributed by atoms with van der Waals surface area (Å²) in [6.07, 6.45) is 0. The van der Waals surface area contributed by atoms with Crippen LogP contribution in [0.5, 0.6) is 0 Å². The van der Waals surface area contributed by atoms with Crippen LogP contribution >= 0.6 is 11.3 Å². The molecule has 0 spiro atoms. The van der Waals surface area contributed by atoms with Crippen LogP contribution in [-0.2, 0) is 0 Å². The topological polar surface area (TPSA) is 30.7 Å². The number of para-hydroxylation sites is 2. The largest absolute Gasteiger partial charge is 0.292 e. The fraction of sp³-hybridized carbons (Fsp3) is 0. The molecule has 0 aliphatic rings. The molecule has 9 rings (SSSR count). The first-order valence-corrected chi connectivity index (χ1v) is 14.2. The SMILES string of the molecule is c1ccc(-c2nc3ccccc3nc2-n2c3cc4sc5ccccc5c4cc3c3c4ccccc4ccc32)cc1. The molecule has 0 bridgehead atoms. The second-order valence-corrected chi connectivity index (χ2v) is 11.3. The van der Waals surface area contributed by atoms with Gasteiger partial charge in [-0.1, -0.05) is 91.0 Å². The number of hydrogen-bond donors (Lipinski definition) is 0. The van der Waals surface area contributed by atoms with Crippen LogP contribution in [0.3, 0.4) is 0 Å². The lowest BCUT2D eigenvalue weighted by Crippen LogP contribution is -2.03. The average Bonchev–Trinajstić information content (AvgIpc) is 3.54. The fourth-order valence-corrected chi connectivity index (χ4v) is 7.29. The molecule has 0 atom stereocenters. The van der Waals surface area contributed by atoms with Gasteiger partial charge >= 0.3 is 0 Å². The molecular weight excluding hydrogens is 506 g/mol. The first-order chi connectivity index (χ1) is 19.8. The van der Waals surface area contributed by atoms with Gasteiger partial charge in [0.05, 0.1) is 22.1 Å². The van der Waals surface area contributed by atoms with Gasteiger partial charge in [0.1, 0.15) is 5.69 Å². The van der Waals surface area contributed by atoms with E-state index in [9.17, 15) is 0 Å². The minimum absolute atomic E-state index is 0.848. The minimum atomic E-state index is 0.848. The van der Waals surface area contributed by atoms with E-state index < -0.39 is 0 Å². The maximum atomic E-state index is 5.30. The predicted molar refractivity (Wildman–Crippen MR) is 170 cm³/mol. The molecule has 0 aliphatic carbocycles. The first kappa shape index (κ1) is 21.8. The van der Waals surface area contributed by atoms with E-state index in [1.807, 2.05) is 41.7 Å². The zero-order chi connectivity index (χ0) is 26.2. The maximum Gasteiger partial charge on any atom is 0.165 e. The van der Waals surface area contributed by atoms with Gasteiger partial charge in [-0.3, -0.25) is 4.57 Å². The molecule has 3 aromatic heterocycles. The molecule has 0 saturated carbocycles. The second kappa shape index (κ2) is 8.22. The van der Waals surface area contributed by atoms with Crippen molar-refractivity contribution in [3.63, 3.8) is 0 Å². The number of aromatic nitrogens is 3. The van der Waals surface area contributed by atoms with Gasteiger partial charge in [0.2, 0.25) is 0 Å². The number of benzene rings is 6. The summed E-state index contributed by atoms with van der Waals surface area (Å²) >= 11 is 1.85. The number of hydrogen-bond acceptors (Lipinski definition) is 3. The Morgan fingerprint density at radius 1 is 0.500 bits per heavy atom. The lowest BCUT2D eigenvalue weighted by Gasteiger charge is -2.14. The molecule has 3 heterocycles. The summed E-state index contributed by atoms with van der Waals surface area (Å²) < 4.78 is 4.92. The molecule has 0 fully saturated rings. The molecular formula is C36H21N3S. The Morgan fingerprint density at radius 2 is 1.23 bits per heavy atom. The van der Waals surface area contributed by atoms with Gasteiger partial charge in [-0.25, -0.2) is 9.97 Å². The highest BCUT2D eigenvalue weighted by molar-refractivity contribution is 7.25. The summed E-state index contributed by atoms with van der Waals surface area (Å²) in [5.41, 5.74) is 5.99. The predicted octanol–water partition coefficient (Wildman–Crippen LogP) is 9.91. The van der Waals surface area contributed by atoms with Crippen LogP contribution in [0.2, 0.25) is 0 Å². The Labute approximate surface area is 233 Å². The van der Waals surface area contributed by atoms with Gasteiger partial charge in [0.15, 0.2) is 5.82 Å². The van der Waals surface area contributed by atoms with E-state index in [0.717, 1.165) is 39.1 Å². The molecule has 3 nitrogen and oxygen atoms in total. The summed E-state index contributed by atoms with van der Waals surface area (Å²) in [7, 11) is 0. The van der Waals surface area contributed by atoms with E-state index in [-0.39, 0.29) is 0 Å². The van der Waals surface area contributed by atoms with Crippen molar-refractivity contribution < 1.29 is 0 Å². The van der Waals surface area contributed by atoms with Crippen LogP contribution in [0.25, 0.3) is 80.9 Å². The van der Waals surface area contributed by atoms with E-state index in [1.54, 1.807) is 0 Å². The Hall–Kier alpha value is -5.06. The van der Waals surface area contributed by atoms with Crippen LogP contribution in [0, 0.1) is 0 Å². The molecule has 0 aliphatic heterocycles. The number of fused-ring (bicyclic) bond motifs is 9. The first-order valence-electron chi connectivity index (χ1n) is 13.4. The molecule has 0 saturated heterocycles. The number of thiophene rings is 1. The van der Waals surface area contributed by atoms with E-state index in [0.29, 0.717) is 0 Å². The third kappa shape index (κ3) is 3.05. The van der Waals surface area contributed by atoms with Crippen LogP contribution in [0.15, 0.2) is 127 Å². The highest BCUT2D eigenvalue weighted by atomic mass is 32.1. The van der Waals surface area contributed by atoms with Gasteiger partial charge in [0.25, 0.3) is 0 Å². The van der Waals surface area contributed by atoms with E-state index in [1.165, 1.54) is 41.7 Å². The Bertz CT molecular complexity index is 2430. The lowest BCUT2D eigenvalue weighted by atomic mass is 10.0. The molecule has 6 aromatic carbocycles. The van der Waals surface area contributed by atoms with Gasteiger partial charge in [-0.05, 0) is 47.2 Å². The Morgan fingerprint density at radius 3 is 2.10 bits per heavy atom. The van der Waals surface area contributed by atoms with Crippen molar-refractivity contribution in [1.29, 1.82) is 0 Å². The Balaban J connectivity index is 1.51. The minimum Gasteiger partial charge on any atom is -0.292 e. The quantitative estimate of drug-likeness (QED) is 0.224. The smallest absolute Gasteiger partial charge is 0.165 e. The van der Waals surface area contributed by atoms with Gasteiger partial charge in [0, 0.05) is 36.5 Å². The van der Waals surface area contributed by atoms with Crippen molar-refractivity contribution in [3.8, 4) is 17.1 Å². The van der Waals surface area contributed by atoms with Gasteiger partial charge < -0.3 is 0 Å². The van der Waals surface area contributed by atoms with Crippen molar-refractivity contribution >= 4 is 75.1 Å². The van der Waals surface area contributed by atoms with Crippen molar-refractivity contribution in [2.24, 2.45) is 0 Å². The zero-order valence-corrected chi connectivity index (χ0v) is 22.2. The summed E-state index contributed by atoms with van der Waals surface area (Å²) in [5, 5.41) is 7.57. The highest BCUT2D eigenvalue weighted by Crippen LogP contribution is 2.43. The van der Waals surface area contributed by atoms with Crippen molar-refractivity contribution in [3.05, 3.63) is 127 Å². The third-order valence-corrected chi connectivity index (χ3v) is 9.10. The maximum absolute atomic E-state index is 5.30. The van der Waals surface area contributed by atoms with E-state index in [4.69, 9.17) is 9.97 Å². The van der Waals surface area contributed by atoms with Crippen molar-refractivity contribution in [1.82, 2.24) is 14.5 Å². The molecule has 0 radical (unpaired) electrons. The molecule has 0 N–H and O–H groups in total. The second-order valence-electron chi connectivity index (χ2n) is 10.2. The standard InChI is InChI=1S/C36H21N3S/c1-2-11-23(12-3-1)35-36(38-29-16-8-7-15-28(29)37-35)39-30-19-18-22-10-4-5-13-24(22)34(30)27-20-26-25-14-6-9-17-32(25)40-33(26)21-31(27)39/h1-21H. The third-order valence-electron chi connectivity index (χ3n) is 7.96. The summed E-state index contributed by atoms with van der Waals surface area (Å²) in [6.45, 7) is 0. The molecule has 40 heavy (non-hydrogen) atoms. The highest BCUT2D eigenvalue weighted by Gasteiger charge is 2.21. The van der Waals surface area contributed by atoms with E-state index >= 15 is 0 Å². The molecule has 186 valence electrons. The number of rotatable bonds is 2.